The number of hydrogen-bond acceptors (Lipinski definition) is 17. The Balaban J connectivity index is 2.02. The van der Waals surface area contributed by atoms with Crippen molar-refractivity contribution >= 4 is 28.0 Å². The summed E-state index contributed by atoms with van der Waals surface area (Å²) < 4.78 is 49.6. The monoisotopic (exact) mass is 735 g/mol. The first-order chi connectivity index (χ1) is 23.5. The zero-order chi connectivity index (χ0) is 37.4. The fraction of sp³-hybridized carbons (Fsp3) is 0.567. The van der Waals surface area contributed by atoms with Crippen LogP contribution in [0.3, 0.4) is 0 Å². The summed E-state index contributed by atoms with van der Waals surface area (Å²) in [5.74, 6) is -1.61. The Bertz CT molecular complexity index is 1470. The van der Waals surface area contributed by atoms with Crippen LogP contribution in [-0.4, -0.2) is 124 Å². The molecule has 6 N–H and O–H groups in total. The summed E-state index contributed by atoms with van der Waals surface area (Å²) in [5.41, 5.74) is 1.63. The molecule has 0 bridgehead atoms. The number of aliphatic hydroxyl groups excluding tert-OH is 2. The maximum absolute atomic E-state index is 13.7. The SMILES string of the molecule is CC(C)c1nc(N(C)S(C)(=O)=O)nc(-c2ccc(F)cc2)c1/C=C/C(O)CC(O)CC(=O)OCCC(COCCCCON(O)O)ON(O)O. The molecule has 3 atom stereocenters. The van der Waals surface area contributed by atoms with Gasteiger partial charge in [0, 0.05) is 37.6 Å². The number of hydrogen-bond donors (Lipinski definition) is 6. The average molecular weight is 736 g/mol. The maximum atomic E-state index is 13.7. The second-order valence-corrected chi connectivity index (χ2v) is 13.5. The predicted molar refractivity (Wildman–Crippen MR) is 172 cm³/mol. The summed E-state index contributed by atoms with van der Waals surface area (Å²) in [6.07, 6.45) is 0.606. The molecule has 2 aromatic rings. The fourth-order valence-electron chi connectivity index (χ4n) is 4.37. The molecule has 0 spiro atoms. The Morgan fingerprint density at radius 1 is 1.00 bits per heavy atom. The van der Waals surface area contributed by atoms with E-state index in [1.807, 2.05) is 13.8 Å². The van der Waals surface area contributed by atoms with E-state index in [1.165, 1.54) is 43.5 Å². The van der Waals surface area contributed by atoms with E-state index >= 15 is 0 Å². The first-order valence-electron chi connectivity index (χ1n) is 15.5. The third-order valence-electron chi connectivity index (χ3n) is 6.95. The van der Waals surface area contributed by atoms with Crippen molar-refractivity contribution in [1.82, 2.24) is 20.7 Å². The van der Waals surface area contributed by atoms with Crippen molar-refractivity contribution in [3.63, 3.8) is 0 Å². The van der Waals surface area contributed by atoms with Gasteiger partial charge in [0.05, 0.1) is 66.9 Å². The Kier molecular flexibility index (Phi) is 18.2. The second kappa shape index (κ2) is 21.2. The van der Waals surface area contributed by atoms with Crippen LogP contribution in [0.25, 0.3) is 17.3 Å². The minimum atomic E-state index is -3.72. The molecule has 0 aliphatic rings. The molecular weight excluding hydrogens is 689 g/mol. The lowest BCUT2D eigenvalue weighted by atomic mass is 9.97. The highest BCUT2D eigenvalue weighted by Crippen LogP contribution is 2.31. The number of nitrogens with zero attached hydrogens (tertiary/aromatic N) is 5. The molecule has 282 valence electrons. The standard InChI is InChI=1S/C30H46FN5O13S/c1-20(2)28-26(29(21-7-9-22(31)10-8-21)33-30(32-28)34(3)50(4,44)45)12-11-23(37)17-24(38)18-27(39)47-16-13-25(49-36(42)43)19-46-14-5-6-15-48-35(40)41/h7-12,20,23-25,37-38,40-43H,5-6,13-19H2,1-4H3/b12-11+. The lowest BCUT2D eigenvalue weighted by Crippen LogP contribution is -2.30. The highest BCUT2D eigenvalue weighted by Gasteiger charge is 2.23. The Morgan fingerprint density at radius 2 is 1.66 bits per heavy atom. The number of benzene rings is 1. The molecule has 0 fully saturated rings. The number of sulfonamides is 1. The summed E-state index contributed by atoms with van der Waals surface area (Å²) in [6.45, 7) is 3.58. The minimum Gasteiger partial charge on any atom is -0.465 e. The van der Waals surface area contributed by atoms with E-state index in [9.17, 15) is 27.8 Å². The summed E-state index contributed by atoms with van der Waals surface area (Å²) in [4.78, 5) is 30.4. The second-order valence-electron chi connectivity index (χ2n) is 11.4. The highest BCUT2D eigenvalue weighted by molar-refractivity contribution is 7.92. The van der Waals surface area contributed by atoms with E-state index < -0.39 is 57.3 Å². The van der Waals surface area contributed by atoms with E-state index in [-0.39, 0.29) is 56.8 Å². The van der Waals surface area contributed by atoms with Crippen molar-refractivity contribution in [2.24, 2.45) is 0 Å². The molecule has 0 aliphatic carbocycles. The molecule has 1 heterocycles. The van der Waals surface area contributed by atoms with Crippen molar-refractivity contribution in [1.29, 1.82) is 0 Å². The van der Waals surface area contributed by atoms with Crippen LogP contribution in [-0.2, 0) is 34.0 Å². The number of carbonyl (C=O) groups is 1. The van der Waals surface area contributed by atoms with Gasteiger partial charge in [-0.15, -0.1) is 0 Å². The van der Waals surface area contributed by atoms with E-state index in [0.717, 1.165) is 10.6 Å². The molecule has 1 aromatic carbocycles. The van der Waals surface area contributed by atoms with Gasteiger partial charge in [-0.25, -0.2) is 31.9 Å². The number of aliphatic hydroxyl groups is 2. The first-order valence-corrected chi connectivity index (χ1v) is 17.4. The summed E-state index contributed by atoms with van der Waals surface area (Å²) >= 11 is 0. The summed E-state index contributed by atoms with van der Waals surface area (Å²) in [7, 11) is -2.41. The van der Waals surface area contributed by atoms with Crippen molar-refractivity contribution in [3.05, 3.63) is 47.4 Å². The molecule has 20 heteroatoms. The van der Waals surface area contributed by atoms with Gasteiger partial charge in [-0.2, -0.15) is 0 Å². The Labute approximate surface area is 289 Å². The van der Waals surface area contributed by atoms with Crippen molar-refractivity contribution in [3.8, 4) is 11.3 Å². The fourth-order valence-corrected chi connectivity index (χ4v) is 4.74. The lowest BCUT2D eigenvalue weighted by Gasteiger charge is -2.20. The smallest absolute Gasteiger partial charge is 0.308 e. The van der Waals surface area contributed by atoms with E-state index in [4.69, 9.17) is 35.1 Å². The zero-order valence-corrected chi connectivity index (χ0v) is 29.0. The number of esters is 1. The van der Waals surface area contributed by atoms with Gasteiger partial charge in [-0.05, 0) is 43.0 Å². The van der Waals surface area contributed by atoms with Crippen LogP contribution in [0.4, 0.5) is 10.3 Å². The Morgan fingerprint density at radius 3 is 2.26 bits per heavy atom. The molecular formula is C30H46FN5O13S. The molecule has 18 nitrogen and oxygen atoms in total. The number of carbonyl (C=O) groups excluding carboxylic acids is 1. The molecule has 0 radical (unpaired) electrons. The molecule has 50 heavy (non-hydrogen) atoms. The first kappa shape index (κ1) is 42.9. The molecule has 0 saturated carbocycles. The number of halogens is 1. The van der Waals surface area contributed by atoms with Gasteiger partial charge in [0.2, 0.25) is 16.0 Å². The third kappa shape index (κ3) is 15.7. The third-order valence-corrected chi connectivity index (χ3v) is 8.11. The largest absolute Gasteiger partial charge is 0.465 e. The molecule has 0 aliphatic heterocycles. The van der Waals surface area contributed by atoms with Gasteiger partial charge < -0.3 is 19.7 Å². The summed E-state index contributed by atoms with van der Waals surface area (Å²) in [6, 6.07) is 5.41. The maximum Gasteiger partial charge on any atom is 0.308 e. The molecule has 2 rings (SSSR count). The lowest BCUT2D eigenvalue weighted by molar-refractivity contribution is -0.506. The minimum absolute atomic E-state index is 0.00662. The van der Waals surface area contributed by atoms with E-state index in [1.54, 1.807) is 0 Å². The Hall–Kier alpha value is -3.25. The van der Waals surface area contributed by atoms with Crippen LogP contribution in [0, 0.1) is 5.82 Å². The van der Waals surface area contributed by atoms with Crippen molar-refractivity contribution in [2.75, 3.05) is 44.0 Å². The molecule has 0 amide bonds. The number of anilines is 1. The van der Waals surface area contributed by atoms with Crippen LogP contribution in [0.15, 0.2) is 30.3 Å². The van der Waals surface area contributed by atoms with Crippen LogP contribution in [0.5, 0.6) is 0 Å². The van der Waals surface area contributed by atoms with Gasteiger partial charge in [0.25, 0.3) is 0 Å². The van der Waals surface area contributed by atoms with Gasteiger partial charge in [0.1, 0.15) is 11.9 Å². The van der Waals surface area contributed by atoms with E-state index in [2.05, 4.69) is 14.8 Å². The van der Waals surface area contributed by atoms with Crippen LogP contribution >= 0.6 is 0 Å². The number of unbranched alkanes of at least 4 members (excludes halogenated alkanes) is 1. The quantitative estimate of drug-likeness (QED) is 0.0545. The van der Waals surface area contributed by atoms with Crippen LogP contribution in [0.1, 0.15) is 63.1 Å². The van der Waals surface area contributed by atoms with Crippen LogP contribution < -0.4 is 4.31 Å². The van der Waals surface area contributed by atoms with Crippen molar-refractivity contribution < 1.29 is 67.8 Å². The zero-order valence-electron chi connectivity index (χ0n) is 28.2. The molecule has 3 unspecified atom stereocenters. The van der Waals surface area contributed by atoms with Gasteiger partial charge in [0.15, 0.2) is 0 Å². The van der Waals surface area contributed by atoms with Gasteiger partial charge in [-0.3, -0.25) is 30.5 Å². The summed E-state index contributed by atoms with van der Waals surface area (Å²) in [5, 5.41) is 55.2. The number of rotatable bonds is 23. The predicted octanol–water partition coefficient (Wildman–Crippen LogP) is 2.44. The molecule has 1 aromatic heterocycles. The highest BCUT2D eigenvalue weighted by atomic mass is 32.2. The van der Waals surface area contributed by atoms with Crippen molar-refractivity contribution in [2.45, 2.75) is 70.2 Å². The number of ether oxygens (including phenoxy) is 2. The normalized spacial score (nSPS) is 14.1. The van der Waals surface area contributed by atoms with E-state index in [0.29, 0.717) is 29.7 Å². The van der Waals surface area contributed by atoms with Crippen LogP contribution in [0.2, 0.25) is 0 Å². The number of aromatic nitrogens is 2. The van der Waals surface area contributed by atoms with Gasteiger partial charge >= 0.3 is 5.97 Å². The molecule has 0 saturated heterocycles. The average Bonchev–Trinajstić information content (AvgIpc) is 3.01. The topological polar surface area (TPSA) is 245 Å². The van der Waals surface area contributed by atoms with Gasteiger partial charge in [-0.1, -0.05) is 26.0 Å².